The summed E-state index contributed by atoms with van der Waals surface area (Å²) < 4.78 is 0.916. The lowest BCUT2D eigenvalue weighted by Crippen LogP contribution is -2.47. The summed E-state index contributed by atoms with van der Waals surface area (Å²) in [6.07, 6.45) is 1.62. The molecule has 0 spiro atoms. The van der Waals surface area contributed by atoms with E-state index in [0.29, 0.717) is 25.8 Å². The summed E-state index contributed by atoms with van der Waals surface area (Å²) in [5.41, 5.74) is -0.0528. The number of hydrogen-bond acceptors (Lipinski definition) is 4. The Kier molecular flexibility index (Phi) is 6.39. The molecule has 0 radical (unpaired) electrons. The lowest BCUT2D eigenvalue weighted by molar-refractivity contribution is -0.135. The molecular weight excluding hydrogens is 537 g/mol. The third-order valence-corrected chi connectivity index (χ3v) is 6.96. The second kappa shape index (κ2) is 8.96. The summed E-state index contributed by atoms with van der Waals surface area (Å²) in [6.45, 7) is -0.154. The van der Waals surface area contributed by atoms with E-state index in [1.165, 1.54) is 12.1 Å². The van der Waals surface area contributed by atoms with Gasteiger partial charge in [0.15, 0.2) is 0 Å². The zero-order valence-corrected chi connectivity index (χ0v) is 20.2. The minimum Gasteiger partial charge on any atom is -0.480 e. The van der Waals surface area contributed by atoms with Gasteiger partial charge in [0.05, 0.1) is 21.3 Å². The number of carbonyl (C=O) groups excluding carboxylic acids is 3. The Labute approximate surface area is 207 Å². The fraction of sp³-hybridized carbons (Fsp3) is 0.273. The monoisotopic (exact) mass is 553 g/mol. The SMILES string of the molecule is O=C(O)CNC(=O)c1c(Cl)cc(N2C(=O)N3CCCC3(Cc3ccc(Br)cc3)C2=O)cc1Cl. The molecule has 1 unspecified atom stereocenters. The highest BCUT2D eigenvalue weighted by atomic mass is 79.9. The van der Waals surface area contributed by atoms with Gasteiger partial charge >= 0.3 is 12.0 Å². The molecule has 2 aromatic carbocycles. The zero-order chi connectivity index (χ0) is 23.9. The molecule has 4 amide bonds. The van der Waals surface area contributed by atoms with Crippen LogP contribution in [0.3, 0.4) is 0 Å². The van der Waals surface area contributed by atoms with Gasteiger partial charge in [-0.2, -0.15) is 0 Å². The fourth-order valence-electron chi connectivity index (χ4n) is 4.37. The maximum atomic E-state index is 13.6. The number of carboxylic acids is 1. The molecule has 172 valence electrons. The first kappa shape index (κ1) is 23.5. The van der Waals surface area contributed by atoms with Gasteiger partial charge in [-0.25, -0.2) is 9.69 Å². The molecule has 1 atom stereocenters. The summed E-state index contributed by atoms with van der Waals surface area (Å²) in [5, 5.41) is 10.7. The third kappa shape index (κ3) is 4.20. The Balaban J connectivity index is 1.66. The van der Waals surface area contributed by atoms with E-state index in [0.717, 1.165) is 14.9 Å². The molecule has 8 nitrogen and oxygen atoms in total. The second-order valence-electron chi connectivity index (χ2n) is 7.87. The summed E-state index contributed by atoms with van der Waals surface area (Å²) in [6, 6.07) is 9.76. The number of fused-ring (bicyclic) bond motifs is 1. The predicted octanol–water partition coefficient (Wildman–Crippen LogP) is 4.11. The van der Waals surface area contributed by atoms with Crippen LogP contribution in [0.5, 0.6) is 0 Å². The van der Waals surface area contributed by atoms with Crippen LogP contribution in [-0.4, -0.2) is 52.4 Å². The third-order valence-electron chi connectivity index (χ3n) is 5.83. The van der Waals surface area contributed by atoms with Gasteiger partial charge in [0.1, 0.15) is 12.1 Å². The van der Waals surface area contributed by atoms with Crippen LogP contribution in [0.1, 0.15) is 28.8 Å². The molecule has 4 rings (SSSR count). The number of hydrogen-bond donors (Lipinski definition) is 2. The van der Waals surface area contributed by atoms with Crippen LogP contribution >= 0.6 is 39.1 Å². The normalized spacial score (nSPS) is 19.7. The molecule has 2 heterocycles. The summed E-state index contributed by atoms with van der Waals surface area (Å²) in [4.78, 5) is 52.5. The molecule has 11 heteroatoms. The van der Waals surface area contributed by atoms with Crippen molar-refractivity contribution in [1.29, 1.82) is 0 Å². The Hall–Kier alpha value is -2.62. The number of rotatable bonds is 6. The van der Waals surface area contributed by atoms with Crippen molar-refractivity contribution in [1.82, 2.24) is 10.2 Å². The van der Waals surface area contributed by atoms with E-state index >= 15 is 0 Å². The smallest absolute Gasteiger partial charge is 0.332 e. The summed E-state index contributed by atoms with van der Waals surface area (Å²) in [7, 11) is 0. The van der Waals surface area contributed by atoms with E-state index in [2.05, 4.69) is 21.2 Å². The van der Waals surface area contributed by atoms with Gasteiger partial charge in [-0.3, -0.25) is 14.4 Å². The first-order valence-corrected chi connectivity index (χ1v) is 11.6. The highest BCUT2D eigenvalue weighted by Gasteiger charge is 2.59. The minimum atomic E-state index is -1.22. The number of benzene rings is 2. The second-order valence-corrected chi connectivity index (χ2v) is 9.60. The minimum absolute atomic E-state index is 0.102. The number of nitrogens with one attached hydrogen (secondary N) is 1. The first-order valence-electron chi connectivity index (χ1n) is 10.0. The van der Waals surface area contributed by atoms with E-state index in [1.807, 2.05) is 24.3 Å². The first-order chi connectivity index (χ1) is 15.6. The fourth-order valence-corrected chi connectivity index (χ4v) is 5.28. The van der Waals surface area contributed by atoms with E-state index in [4.69, 9.17) is 28.3 Å². The van der Waals surface area contributed by atoms with Crippen LogP contribution in [0.15, 0.2) is 40.9 Å². The van der Waals surface area contributed by atoms with Crippen molar-refractivity contribution in [2.24, 2.45) is 0 Å². The van der Waals surface area contributed by atoms with Crippen LogP contribution in [0.4, 0.5) is 10.5 Å². The molecule has 2 N–H and O–H groups in total. The molecule has 2 saturated heterocycles. The van der Waals surface area contributed by atoms with Gasteiger partial charge in [-0.05, 0) is 42.7 Å². The van der Waals surface area contributed by atoms with Gasteiger partial charge in [-0.15, -0.1) is 0 Å². The molecule has 0 aromatic heterocycles. The van der Waals surface area contributed by atoms with Crippen molar-refractivity contribution in [3.63, 3.8) is 0 Å². The number of aliphatic carboxylic acids is 1. The van der Waals surface area contributed by atoms with E-state index < -0.39 is 30.0 Å². The molecule has 0 bridgehead atoms. The average molecular weight is 555 g/mol. The predicted molar refractivity (Wildman–Crippen MR) is 126 cm³/mol. The molecule has 0 saturated carbocycles. The number of halogens is 3. The molecule has 2 aliphatic rings. The number of amides is 4. The van der Waals surface area contributed by atoms with Crippen molar-refractivity contribution in [2.45, 2.75) is 24.8 Å². The molecule has 0 aliphatic carbocycles. The topological polar surface area (TPSA) is 107 Å². The number of anilines is 1. The van der Waals surface area contributed by atoms with Gasteiger partial charge in [0.25, 0.3) is 11.8 Å². The van der Waals surface area contributed by atoms with Crippen LogP contribution in [0.25, 0.3) is 0 Å². The van der Waals surface area contributed by atoms with Crippen molar-refractivity contribution in [3.05, 3.63) is 62.0 Å². The van der Waals surface area contributed by atoms with Crippen molar-refractivity contribution in [3.8, 4) is 0 Å². The van der Waals surface area contributed by atoms with Gasteiger partial charge in [0, 0.05) is 17.4 Å². The quantitative estimate of drug-likeness (QED) is 0.522. The van der Waals surface area contributed by atoms with Crippen molar-refractivity contribution < 1.29 is 24.3 Å². The molecule has 33 heavy (non-hydrogen) atoms. The molecular formula is C22H18BrCl2N3O5. The number of urea groups is 1. The average Bonchev–Trinajstić information content (AvgIpc) is 3.25. The molecule has 2 fully saturated rings. The largest absolute Gasteiger partial charge is 0.480 e. The molecule has 2 aliphatic heterocycles. The highest BCUT2D eigenvalue weighted by molar-refractivity contribution is 9.10. The maximum absolute atomic E-state index is 13.6. The number of nitrogens with zero attached hydrogens (tertiary/aromatic N) is 2. The Morgan fingerprint density at radius 1 is 1.12 bits per heavy atom. The van der Waals surface area contributed by atoms with E-state index in [9.17, 15) is 19.2 Å². The van der Waals surface area contributed by atoms with Gasteiger partial charge < -0.3 is 15.3 Å². The molecule has 2 aromatic rings. The maximum Gasteiger partial charge on any atom is 0.332 e. The van der Waals surface area contributed by atoms with Crippen LogP contribution in [0.2, 0.25) is 10.0 Å². The highest BCUT2D eigenvalue weighted by Crippen LogP contribution is 2.43. The number of imide groups is 1. The van der Waals surface area contributed by atoms with Crippen LogP contribution in [0, 0.1) is 0 Å². The van der Waals surface area contributed by atoms with Crippen molar-refractivity contribution >= 4 is 68.6 Å². The van der Waals surface area contributed by atoms with E-state index in [1.54, 1.807) is 4.90 Å². The number of carboxylic acid groups (broad SMARTS) is 1. The number of carbonyl (C=O) groups is 4. The summed E-state index contributed by atoms with van der Waals surface area (Å²) in [5.74, 6) is -2.37. The standard InChI is InChI=1S/C22H18BrCl2N3O5/c23-13-4-2-12(3-5-13)10-22-6-1-7-27(22)21(33)28(20(22)32)14-8-15(24)18(16(25)9-14)19(31)26-11-17(29)30/h2-5,8-9H,1,6-7,10-11H2,(H,26,31)(H,29,30). The zero-order valence-electron chi connectivity index (χ0n) is 17.1. The Morgan fingerprint density at radius 3 is 2.36 bits per heavy atom. The lowest BCUT2D eigenvalue weighted by atomic mass is 9.88. The van der Waals surface area contributed by atoms with Crippen molar-refractivity contribution in [2.75, 3.05) is 18.0 Å². The summed E-state index contributed by atoms with van der Waals surface area (Å²) >= 11 is 15.9. The Bertz CT molecular complexity index is 1150. The Morgan fingerprint density at radius 2 is 1.76 bits per heavy atom. The van der Waals surface area contributed by atoms with Gasteiger partial charge in [0.2, 0.25) is 0 Å². The van der Waals surface area contributed by atoms with Gasteiger partial charge in [-0.1, -0.05) is 51.3 Å². The van der Waals surface area contributed by atoms with Crippen LogP contribution in [-0.2, 0) is 16.0 Å². The lowest BCUT2D eigenvalue weighted by Gasteiger charge is -2.28. The van der Waals surface area contributed by atoms with Crippen LogP contribution < -0.4 is 10.2 Å². The van der Waals surface area contributed by atoms with E-state index in [-0.39, 0.29) is 27.2 Å².